The average Bonchev–Trinajstić information content (AvgIpc) is 3.00. The van der Waals surface area contributed by atoms with Crippen LogP contribution >= 0.6 is 11.3 Å². The zero-order valence-electron chi connectivity index (χ0n) is 13.3. The van der Waals surface area contributed by atoms with Crippen LogP contribution in [-0.2, 0) is 4.79 Å². The van der Waals surface area contributed by atoms with Gasteiger partial charge in [0.25, 0.3) is 0 Å². The van der Waals surface area contributed by atoms with Gasteiger partial charge >= 0.3 is 0 Å². The Hall–Kier alpha value is -1.18. The molecule has 2 fully saturated rings. The van der Waals surface area contributed by atoms with E-state index in [2.05, 4.69) is 27.0 Å². The van der Waals surface area contributed by atoms with E-state index in [9.17, 15) is 4.79 Å². The molecule has 0 unspecified atom stereocenters. The summed E-state index contributed by atoms with van der Waals surface area (Å²) in [4.78, 5) is 24.6. The molecule has 22 heavy (non-hydrogen) atoms. The first kappa shape index (κ1) is 15.7. The summed E-state index contributed by atoms with van der Waals surface area (Å²) in [6, 6.07) is 0. The van der Waals surface area contributed by atoms with Gasteiger partial charge in [0, 0.05) is 76.4 Å². The van der Waals surface area contributed by atoms with Crippen molar-refractivity contribution >= 4 is 22.4 Å². The summed E-state index contributed by atoms with van der Waals surface area (Å²) in [5, 5.41) is 4.42. The number of hydrogen-bond donors (Lipinski definition) is 1. The molecule has 0 aromatic carbocycles. The second-order valence-electron chi connectivity index (χ2n) is 5.96. The first-order chi connectivity index (χ1) is 10.7. The van der Waals surface area contributed by atoms with Gasteiger partial charge in [-0.15, -0.1) is 11.3 Å². The minimum Gasteiger partial charge on any atom is -0.346 e. The van der Waals surface area contributed by atoms with Crippen LogP contribution in [0.5, 0.6) is 0 Å². The lowest BCUT2D eigenvalue weighted by Gasteiger charge is -2.35. The number of carbonyl (C=O) groups excluding carboxylic acids is 1. The molecular formula is C15H25N5OS. The van der Waals surface area contributed by atoms with Gasteiger partial charge in [-0.1, -0.05) is 0 Å². The fourth-order valence-corrected chi connectivity index (χ4v) is 3.79. The number of carbonyl (C=O) groups is 1. The van der Waals surface area contributed by atoms with Crippen molar-refractivity contribution in [2.75, 3.05) is 63.8 Å². The Labute approximate surface area is 136 Å². The molecule has 0 bridgehead atoms. The molecule has 1 aromatic rings. The molecule has 2 aliphatic heterocycles. The van der Waals surface area contributed by atoms with E-state index in [-0.39, 0.29) is 0 Å². The lowest BCUT2D eigenvalue weighted by molar-refractivity contribution is -0.132. The highest BCUT2D eigenvalue weighted by Crippen LogP contribution is 2.22. The van der Waals surface area contributed by atoms with Crippen molar-refractivity contribution in [3.63, 3.8) is 0 Å². The summed E-state index contributed by atoms with van der Waals surface area (Å²) in [6.45, 7) is 10.6. The number of nitrogens with zero attached hydrogens (tertiary/aromatic N) is 4. The Morgan fingerprint density at radius 3 is 2.59 bits per heavy atom. The van der Waals surface area contributed by atoms with Gasteiger partial charge in [-0.05, 0) is 6.92 Å². The molecule has 3 rings (SSSR count). The largest absolute Gasteiger partial charge is 0.346 e. The Morgan fingerprint density at radius 2 is 1.95 bits per heavy atom. The van der Waals surface area contributed by atoms with Crippen molar-refractivity contribution in [2.24, 2.45) is 0 Å². The second kappa shape index (κ2) is 7.39. The van der Waals surface area contributed by atoms with E-state index < -0.39 is 0 Å². The van der Waals surface area contributed by atoms with Crippen LogP contribution in [-0.4, -0.2) is 79.6 Å². The number of rotatable bonds is 4. The number of piperazine rings is 2. The van der Waals surface area contributed by atoms with Gasteiger partial charge in [-0.3, -0.25) is 9.69 Å². The highest BCUT2D eigenvalue weighted by molar-refractivity contribution is 7.15. The van der Waals surface area contributed by atoms with Crippen molar-refractivity contribution in [1.29, 1.82) is 0 Å². The SMILES string of the molecule is Cc1cnc(N2CCN(CCC(=O)N3CCNCC3)CC2)s1. The maximum absolute atomic E-state index is 12.2. The Balaban J connectivity index is 1.39. The fraction of sp³-hybridized carbons (Fsp3) is 0.733. The fourth-order valence-electron chi connectivity index (χ4n) is 2.98. The Kier molecular flexibility index (Phi) is 5.28. The molecule has 7 heteroatoms. The summed E-state index contributed by atoms with van der Waals surface area (Å²) in [6.07, 6.45) is 2.59. The zero-order chi connectivity index (χ0) is 15.4. The number of nitrogens with one attached hydrogen (secondary N) is 1. The molecule has 2 saturated heterocycles. The number of amides is 1. The maximum atomic E-state index is 12.2. The van der Waals surface area contributed by atoms with Crippen molar-refractivity contribution < 1.29 is 4.79 Å². The molecule has 0 aliphatic carbocycles. The molecule has 1 amide bonds. The number of aryl methyl sites for hydroxylation is 1. The normalized spacial score (nSPS) is 20.4. The van der Waals surface area contributed by atoms with Crippen LogP contribution in [0.2, 0.25) is 0 Å². The topological polar surface area (TPSA) is 51.7 Å². The molecule has 0 radical (unpaired) electrons. The van der Waals surface area contributed by atoms with Gasteiger partial charge in [0.15, 0.2) is 5.13 Å². The van der Waals surface area contributed by atoms with E-state index in [1.54, 1.807) is 11.3 Å². The summed E-state index contributed by atoms with van der Waals surface area (Å²) < 4.78 is 0. The van der Waals surface area contributed by atoms with Crippen molar-refractivity contribution in [3.05, 3.63) is 11.1 Å². The molecule has 2 aliphatic rings. The van der Waals surface area contributed by atoms with Crippen LogP contribution in [0.3, 0.4) is 0 Å². The van der Waals surface area contributed by atoms with Gasteiger partial charge in [0.2, 0.25) is 5.91 Å². The van der Waals surface area contributed by atoms with Crippen molar-refractivity contribution in [1.82, 2.24) is 20.1 Å². The van der Waals surface area contributed by atoms with E-state index >= 15 is 0 Å². The third-order valence-electron chi connectivity index (χ3n) is 4.36. The highest BCUT2D eigenvalue weighted by Gasteiger charge is 2.21. The maximum Gasteiger partial charge on any atom is 0.223 e. The summed E-state index contributed by atoms with van der Waals surface area (Å²) in [7, 11) is 0. The van der Waals surface area contributed by atoms with E-state index in [0.29, 0.717) is 12.3 Å². The number of thiazole rings is 1. The lowest BCUT2D eigenvalue weighted by atomic mass is 10.2. The first-order valence-electron chi connectivity index (χ1n) is 8.10. The van der Waals surface area contributed by atoms with Gasteiger partial charge < -0.3 is 15.1 Å². The third-order valence-corrected chi connectivity index (χ3v) is 5.34. The van der Waals surface area contributed by atoms with E-state index in [1.807, 2.05) is 11.1 Å². The molecule has 6 nitrogen and oxygen atoms in total. The second-order valence-corrected chi connectivity index (χ2v) is 7.18. The van der Waals surface area contributed by atoms with E-state index in [1.165, 1.54) is 4.88 Å². The van der Waals surface area contributed by atoms with Gasteiger partial charge in [-0.2, -0.15) is 0 Å². The van der Waals surface area contributed by atoms with Crippen molar-refractivity contribution in [2.45, 2.75) is 13.3 Å². The zero-order valence-corrected chi connectivity index (χ0v) is 14.1. The van der Waals surface area contributed by atoms with Gasteiger partial charge in [0.1, 0.15) is 0 Å². The molecule has 1 aromatic heterocycles. The predicted molar refractivity (Wildman–Crippen MR) is 89.6 cm³/mol. The molecule has 122 valence electrons. The van der Waals surface area contributed by atoms with Gasteiger partial charge in [0.05, 0.1) is 0 Å². The summed E-state index contributed by atoms with van der Waals surface area (Å²) in [5.41, 5.74) is 0. The monoisotopic (exact) mass is 323 g/mol. The Bertz CT molecular complexity index is 492. The quantitative estimate of drug-likeness (QED) is 0.869. The number of anilines is 1. The molecule has 3 heterocycles. The Morgan fingerprint density at radius 1 is 1.23 bits per heavy atom. The predicted octanol–water partition coefficient (Wildman–Crippen LogP) is 0.395. The lowest BCUT2D eigenvalue weighted by Crippen LogP contribution is -2.49. The molecule has 0 atom stereocenters. The van der Waals surface area contributed by atoms with Crippen LogP contribution in [0.25, 0.3) is 0 Å². The van der Waals surface area contributed by atoms with Crippen LogP contribution < -0.4 is 10.2 Å². The first-order valence-corrected chi connectivity index (χ1v) is 8.92. The van der Waals surface area contributed by atoms with Crippen LogP contribution in [0.1, 0.15) is 11.3 Å². The van der Waals surface area contributed by atoms with Crippen LogP contribution in [0, 0.1) is 6.92 Å². The third kappa shape index (κ3) is 3.97. The van der Waals surface area contributed by atoms with E-state index in [0.717, 1.165) is 64.0 Å². The minimum absolute atomic E-state index is 0.305. The van der Waals surface area contributed by atoms with Crippen molar-refractivity contribution in [3.8, 4) is 0 Å². The molecular weight excluding hydrogens is 298 g/mol. The molecule has 1 N–H and O–H groups in total. The minimum atomic E-state index is 0.305. The average molecular weight is 323 g/mol. The van der Waals surface area contributed by atoms with E-state index in [4.69, 9.17) is 0 Å². The smallest absolute Gasteiger partial charge is 0.223 e. The van der Waals surface area contributed by atoms with Crippen LogP contribution in [0.15, 0.2) is 6.20 Å². The number of aromatic nitrogens is 1. The summed E-state index contributed by atoms with van der Waals surface area (Å²) >= 11 is 1.76. The molecule has 0 spiro atoms. The molecule has 0 saturated carbocycles. The van der Waals surface area contributed by atoms with Crippen LogP contribution in [0.4, 0.5) is 5.13 Å². The number of hydrogen-bond acceptors (Lipinski definition) is 6. The highest BCUT2D eigenvalue weighted by atomic mass is 32.1. The van der Waals surface area contributed by atoms with Gasteiger partial charge in [-0.25, -0.2) is 4.98 Å². The standard InChI is InChI=1S/C15H25N5OS/c1-13-12-17-15(22-13)20-10-8-18(9-11-20)5-2-14(21)19-6-3-16-4-7-19/h12,16H,2-11H2,1H3. The summed E-state index contributed by atoms with van der Waals surface area (Å²) in [5.74, 6) is 0.305.